The molecule has 1 aliphatic rings. The van der Waals surface area contributed by atoms with Crippen LogP contribution in [-0.2, 0) is 18.2 Å². The zero-order valence-corrected chi connectivity index (χ0v) is 13.7. The molecule has 0 radical (unpaired) electrons. The van der Waals surface area contributed by atoms with Crippen LogP contribution in [0.2, 0.25) is 0 Å². The molecule has 2 amide bonds. The molecule has 2 N–H and O–H groups in total. The lowest BCUT2D eigenvalue weighted by Crippen LogP contribution is -2.45. The number of unbranched alkanes of at least 4 members (excludes halogenated alkanes) is 1. The van der Waals surface area contributed by atoms with Gasteiger partial charge in [-0.1, -0.05) is 0 Å². The highest BCUT2D eigenvalue weighted by molar-refractivity contribution is 5.74. The Kier molecular flexibility index (Phi) is 6.71. The topological polar surface area (TPSA) is 68.2 Å². The molecule has 6 heteroatoms. The summed E-state index contributed by atoms with van der Waals surface area (Å²) >= 11 is 0. The van der Waals surface area contributed by atoms with Crippen LogP contribution in [0.4, 0.5) is 4.79 Å². The second-order valence-electron chi connectivity index (χ2n) is 6.12. The maximum atomic E-state index is 11.9. The minimum atomic E-state index is -0.0552. The first-order chi connectivity index (χ1) is 10.6. The number of aromatic nitrogens is 2. The van der Waals surface area contributed by atoms with Crippen LogP contribution >= 0.6 is 0 Å². The van der Waals surface area contributed by atoms with Crippen LogP contribution < -0.4 is 10.6 Å². The van der Waals surface area contributed by atoms with Crippen LogP contribution in [0.1, 0.15) is 38.2 Å². The first-order valence-corrected chi connectivity index (χ1v) is 8.25. The van der Waals surface area contributed by atoms with Gasteiger partial charge in [0.05, 0.1) is 6.20 Å². The lowest BCUT2D eigenvalue weighted by molar-refractivity contribution is 0.0571. The monoisotopic (exact) mass is 308 g/mol. The second-order valence-corrected chi connectivity index (χ2v) is 6.12. The minimum Gasteiger partial charge on any atom is -0.381 e. The number of ether oxygens (including phenoxy) is 1. The molecular weight excluding hydrogens is 280 g/mol. The van der Waals surface area contributed by atoms with Crippen LogP contribution in [0.5, 0.6) is 0 Å². The normalized spacial score (nSPS) is 17.2. The van der Waals surface area contributed by atoms with E-state index in [2.05, 4.69) is 22.7 Å². The number of urea groups is 1. The number of hydrogen-bond acceptors (Lipinski definition) is 3. The molecule has 0 spiro atoms. The van der Waals surface area contributed by atoms with Gasteiger partial charge in [0.15, 0.2) is 0 Å². The van der Waals surface area contributed by atoms with Gasteiger partial charge >= 0.3 is 6.03 Å². The van der Waals surface area contributed by atoms with Gasteiger partial charge in [-0.25, -0.2) is 4.79 Å². The maximum Gasteiger partial charge on any atom is 0.315 e. The predicted molar refractivity (Wildman–Crippen MR) is 85.7 cm³/mol. The average Bonchev–Trinajstić information content (AvgIpc) is 2.93. The number of rotatable bonds is 7. The highest BCUT2D eigenvalue weighted by atomic mass is 16.5. The van der Waals surface area contributed by atoms with Gasteiger partial charge in [0, 0.05) is 39.0 Å². The fourth-order valence-corrected chi connectivity index (χ4v) is 2.85. The number of nitrogens with one attached hydrogen (secondary N) is 2. The number of carbonyl (C=O) groups is 1. The Morgan fingerprint density at radius 1 is 1.45 bits per heavy atom. The molecule has 1 aliphatic heterocycles. The van der Waals surface area contributed by atoms with Crippen LogP contribution in [0.15, 0.2) is 12.4 Å². The fraction of sp³-hybridized carbons (Fsp3) is 0.750. The molecule has 1 fully saturated rings. The SMILES string of the molecule is C[C@H](NC(=O)NCCCCc1cnn(C)c1)C1CCOCC1. The molecule has 1 aromatic rings. The third-order valence-corrected chi connectivity index (χ3v) is 4.27. The fourth-order valence-electron chi connectivity index (χ4n) is 2.85. The van der Waals surface area contributed by atoms with Crippen molar-refractivity contribution in [1.82, 2.24) is 20.4 Å². The molecule has 1 saturated heterocycles. The molecule has 0 aliphatic carbocycles. The van der Waals surface area contributed by atoms with Gasteiger partial charge < -0.3 is 15.4 Å². The van der Waals surface area contributed by atoms with E-state index in [4.69, 9.17) is 4.74 Å². The largest absolute Gasteiger partial charge is 0.381 e. The van der Waals surface area contributed by atoms with Crippen LogP contribution in [-0.4, -0.2) is 41.6 Å². The molecule has 22 heavy (non-hydrogen) atoms. The van der Waals surface area contributed by atoms with Gasteiger partial charge in [0.1, 0.15) is 0 Å². The summed E-state index contributed by atoms with van der Waals surface area (Å²) in [5, 5.41) is 10.1. The molecular formula is C16H28N4O2. The van der Waals surface area contributed by atoms with E-state index in [-0.39, 0.29) is 12.1 Å². The van der Waals surface area contributed by atoms with Gasteiger partial charge in [0.2, 0.25) is 0 Å². The van der Waals surface area contributed by atoms with Crippen LogP contribution in [0, 0.1) is 5.92 Å². The summed E-state index contributed by atoms with van der Waals surface area (Å²) in [6.45, 7) is 4.42. The maximum absolute atomic E-state index is 11.9. The van der Waals surface area contributed by atoms with Crippen molar-refractivity contribution in [2.75, 3.05) is 19.8 Å². The Balaban J connectivity index is 1.53. The van der Waals surface area contributed by atoms with E-state index in [0.29, 0.717) is 12.5 Å². The van der Waals surface area contributed by atoms with Crippen molar-refractivity contribution in [3.63, 3.8) is 0 Å². The molecule has 2 rings (SSSR count). The van der Waals surface area contributed by atoms with E-state index in [0.717, 1.165) is 45.3 Å². The minimum absolute atomic E-state index is 0.0552. The molecule has 0 saturated carbocycles. The van der Waals surface area contributed by atoms with E-state index < -0.39 is 0 Å². The van der Waals surface area contributed by atoms with E-state index in [1.54, 1.807) is 0 Å². The number of hydrogen-bond donors (Lipinski definition) is 2. The molecule has 0 aromatic carbocycles. The van der Waals surface area contributed by atoms with E-state index in [1.165, 1.54) is 5.56 Å². The first-order valence-electron chi connectivity index (χ1n) is 8.25. The standard InChI is InChI=1S/C16H28N4O2/c1-13(15-6-9-22-10-7-15)19-16(21)17-8-4-3-5-14-11-18-20(2)12-14/h11-13,15H,3-10H2,1-2H3,(H2,17,19,21)/t13-/m0/s1. The van der Waals surface area contributed by atoms with E-state index >= 15 is 0 Å². The quantitative estimate of drug-likeness (QED) is 0.756. The third-order valence-electron chi connectivity index (χ3n) is 4.27. The molecule has 124 valence electrons. The van der Waals surface area contributed by atoms with Gasteiger partial charge in [-0.3, -0.25) is 4.68 Å². The predicted octanol–water partition coefficient (Wildman–Crippen LogP) is 1.86. The zero-order valence-electron chi connectivity index (χ0n) is 13.7. The number of aryl methyl sites for hydroxylation is 2. The summed E-state index contributed by atoms with van der Waals surface area (Å²) < 4.78 is 7.17. The van der Waals surface area contributed by atoms with Gasteiger partial charge in [-0.05, 0) is 50.5 Å². The summed E-state index contributed by atoms with van der Waals surface area (Å²) in [6, 6.07) is 0.152. The van der Waals surface area contributed by atoms with Crippen LogP contribution in [0.25, 0.3) is 0 Å². The first kappa shape index (κ1) is 16.8. The van der Waals surface area contributed by atoms with Gasteiger partial charge in [-0.2, -0.15) is 5.10 Å². The van der Waals surface area contributed by atoms with Gasteiger partial charge in [0.25, 0.3) is 0 Å². The molecule has 0 unspecified atom stereocenters. The molecule has 6 nitrogen and oxygen atoms in total. The highest BCUT2D eigenvalue weighted by Gasteiger charge is 2.21. The van der Waals surface area contributed by atoms with E-state index in [1.807, 2.05) is 24.1 Å². The third kappa shape index (κ3) is 5.67. The summed E-state index contributed by atoms with van der Waals surface area (Å²) in [4.78, 5) is 11.9. The Morgan fingerprint density at radius 2 is 2.23 bits per heavy atom. The lowest BCUT2D eigenvalue weighted by Gasteiger charge is -2.28. The molecule has 0 bridgehead atoms. The Labute approximate surface area is 132 Å². The van der Waals surface area contributed by atoms with Crippen molar-refractivity contribution < 1.29 is 9.53 Å². The van der Waals surface area contributed by atoms with Crippen molar-refractivity contribution >= 4 is 6.03 Å². The average molecular weight is 308 g/mol. The zero-order chi connectivity index (χ0) is 15.8. The lowest BCUT2D eigenvalue weighted by atomic mass is 9.93. The number of carbonyl (C=O) groups excluding carboxylic acids is 1. The van der Waals surface area contributed by atoms with Crippen LogP contribution in [0.3, 0.4) is 0 Å². The summed E-state index contributed by atoms with van der Waals surface area (Å²) in [7, 11) is 1.93. The van der Waals surface area contributed by atoms with E-state index in [9.17, 15) is 4.79 Å². The Morgan fingerprint density at radius 3 is 2.91 bits per heavy atom. The summed E-state index contributed by atoms with van der Waals surface area (Å²) in [5.74, 6) is 0.532. The highest BCUT2D eigenvalue weighted by Crippen LogP contribution is 2.18. The smallest absolute Gasteiger partial charge is 0.315 e. The van der Waals surface area contributed by atoms with Crippen molar-refractivity contribution in [3.8, 4) is 0 Å². The Hall–Kier alpha value is -1.56. The molecule has 1 aromatic heterocycles. The Bertz CT molecular complexity index is 455. The molecule has 2 heterocycles. The van der Waals surface area contributed by atoms with Crippen molar-refractivity contribution in [2.24, 2.45) is 13.0 Å². The summed E-state index contributed by atoms with van der Waals surface area (Å²) in [6.07, 6.45) is 9.05. The number of amides is 2. The molecule has 1 atom stereocenters. The second kappa shape index (κ2) is 8.78. The van der Waals surface area contributed by atoms with Crippen molar-refractivity contribution in [3.05, 3.63) is 18.0 Å². The number of nitrogens with zero attached hydrogens (tertiary/aromatic N) is 2. The van der Waals surface area contributed by atoms with Crippen molar-refractivity contribution in [1.29, 1.82) is 0 Å². The van der Waals surface area contributed by atoms with Gasteiger partial charge in [-0.15, -0.1) is 0 Å². The summed E-state index contributed by atoms with van der Waals surface area (Å²) in [5.41, 5.74) is 1.25. The van der Waals surface area contributed by atoms with Crippen molar-refractivity contribution in [2.45, 2.75) is 45.1 Å².